The molecule has 0 spiro atoms. The van der Waals surface area contributed by atoms with Crippen LogP contribution in [0.15, 0.2) is 30.3 Å². The minimum absolute atomic E-state index is 1.08. The third kappa shape index (κ3) is 4.19. The summed E-state index contributed by atoms with van der Waals surface area (Å²) in [5.41, 5.74) is 4.12. The van der Waals surface area contributed by atoms with Crippen molar-refractivity contribution in [1.29, 1.82) is 0 Å². The molecule has 88 valence electrons. The highest BCUT2D eigenvalue weighted by Gasteiger charge is 1.97. The van der Waals surface area contributed by atoms with E-state index in [0.717, 1.165) is 19.5 Å². The summed E-state index contributed by atoms with van der Waals surface area (Å²) in [5.74, 6) is 0. The van der Waals surface area contributed by atoms with Crippen LogP contribution in [-0.2, 0) is 0 Å². The molecule has 1 rings (SSSR count). The fourth-order valence-electron chi connectivity index (χ4n) is 1.82. The van der Waals surface area contributed by atoms with Crippen LogP contribution in [0.2, 0.25) is 0 Å². The molecule has 0 saturated heterocycles. The predicted molar refractivity (Wildman–Crippen MR) is 72.6 cm³/mol. The summed E-state index contributed by atoms with van der Waals surface area (Å²) in [4.78, 5) is 0. The molecular weight excluding hydrogens is 194 g/mol. The molecule has 0 heterocycles. The third-order valence-corrected chi connectivity index (χ3v) is 2.77. The molecule has 0 amide bonds. The van der Waals surface area contributed by atoms with Crippen molar-refractivity contribution in [2.45, 2.75) is 33.6 Å². The molecule has 0 bridgehead atoms. The first kappa shape index (κ1) is 13.0. The van der Waals surface area contributed by atoms with E-state index in [2.05, 4.69) is 56.4 Å². The second kappa shape index (κ2) is 7.24. The Bertz CT molecular complexity index is 339. The van der Waals surface area contributed by atoms with Gasteiger partial charge in [0.2, 0.25) is 0 Å². The van der Waals surface area contributed by atoms with Gasteiger partial charge >= 0.3 is 0 Å². The number of allylic oxidation sites excluding steroid dienone is 1. The van der Waals surface area contributed by atoms with Crippen LogP contribution < -0.4 is 5.32 Å². The fourth-order valence-corrected chi connectivity index (χ4v) is 1.82. The Kier molecular flexibility index (Phi) is 5.87. The summed E-state index contributed by atoms with van der Waals surface area (Å²) >= 11 is 0. The summed E-state index contributed by atoms with van der Waals surface area (Å²) in [7, 11) is 0. The summed E-state index contributed by atoms with van der Waals surface area (Å²) in [6, 6.07) is 8.56. The minimum Gasteiger partial charge on any atom is -0.316 e. The van der Waals surface area contributed by atoms with Crippen molar-refractivity contribution in [2.75, 3.05) is 13.1 Å². The molecule has 1 heteroatoms. The van der Waals surface area contributed by atoms with Gasteiger partial charge in [0.15, 0.2) is 0 Å². The minimum atomic E-state index is 1.08. The summed E-state index contributed by atoms with van der Waals surface area (Å²) in [6.45, 7) is 8.76. The first-order valence-electron chi connectivity index (χ1n) is 6.19. The Morgan fingerprint density at radius 3 is 2.69 bits per heavy atom. The monoisotopic (exact) mass is 217 g/mol. The lowest BCUT2D eigenvalue weighted by Gasteiger charge is -2.06. The normalized spacial score (nSPS) is 11.8. The van der Waals surface area contributed by atoms with Crippen molar-refractivity contribution < 1.29 is 0 Å². The molecule has 0 aliphatic heterocycles. The van der Waals surface area contributed by atoms with Gasteiger partial charge in [-0.15, -0.1) is 0 Å². The van der Waals surface area contributed by atoms with Crippen molar-refractivity contribution in [2.24, 2.45) is 0 Å². The largest absolute Gasteiger partial charge is 0.316 e. The second-order valence-electron chi connectivity index (χ2n) is 4.24. The van der Waals surface area contributed by atoms with E-state index >= 15 is 0 Å². The molecule has 0 saturated carbocycles. The Labute approximate surface area is 99.6 Å². The zero-order valence-electron chi connectivity index (χ0n) is 10.7. The van der Waals surface area contributed by atoms with Crippen LogP contribution >= 0.6 is 0 Å². The maximum atomic E-state index is 3.41. The molecule has 1 nitrogen and oxygen atoms in total. The summed E-state index contributed by atoms with van der Waals surface area (Å²) < 4.78 is 0. The lowest BCUT2D eigenvalue weighted by molar-refractivity contribution is 0.678. The molecule has 1 aromatic rings. The van der Waals surface area contributed by atoms with Gasteiger partial charge in [-0.2, -0.15) is 0 Å². The van der Waals surface area contributed by atoms with Gasteiger partial charge in [0.05, 0.1) is 0 Å². The molecule has 0 radical (unpaired) electrons. The van der Waals surface area contributed by atoms with Gasteiger partial charge in [0, 0.05) is 0 Å². The predicted octanol–water partition coefficient (Wildman–Crippen LogP) is 3.79. The number of aryl methyl sites for hydroxylation is 1. The van der Waals surface area contributed by atoms with Crippen LogP contribution in [0.5, 0.6) is 0 Å². The number of hydrogen-bond acceptors (Lipinski definition) is 1. The van der Waals surface area contributed by atoms with E-state index in [9.17, 15) is 0 Å². The van der Waals surface area contributed by atoms with E-state index in [0.29, 0.717) is 0 Å². The first-order chi connectivity index (χ1) is 7.75. The maximum absolute atomic E-state index is 3.41. The van der Waals surface area contributed by atoms with Gasteiger partial charge in [0.25, 0.3) is 0 Å². The smallest absolute Gasteiger partial charge is 0.00141 e. The van der Waals surface area contributed by atoms with Gasteiger partial charge < -0.3 is 5.32 Å². The van der Waals surface area contributed by atoms with Crippen molar-refractivity contribution in [3.63, 3.8) is 0 Å². The molecule has 0 unspecified atom stereocenters. The van der Waals surface area contributed by atoms with Crippen LogP contribution in [-0.4, -0.2) is 13.1 Å². The Morgan fingerprint density at radius 1 is 1.25 bits per heavy atom. The number of hydrogen-bond donors (Lipinski definition) is 1. The van der Waals surface area contributed by atoms with Gasteiger partial charge in [-0.25, -0.2) is 0 Å². The third-order valence-electron chi connectivity index (χ3n) is 2.77. The van der Waals surface area contributed by atoms with E-state index < -0.39 is 0 Å². The summed E-state index contributed by atoms with van der Waals surface area (Å²) in [5, 5.41) is 3.41. The van der Waals surface area contributed by atoms with Crippen molar-refractivity contribution in [3.8, 4) is 0 Å². The van der Waals surface area contributed by atoms with Crippen LogP contribution in [0.25, 0.3) is 5.57 Å². The fraction of sp³-hybridized carbons (Fsp3) is 0.467. The highest BCUT2D eigenvalue weighted by atomic mass is 14.8. The zero-order valence-corrected chi connectivity index (χ0v) is 10.7. The number of rotatable bonds is 6. The van der Waals surface area contributed by atoms with Crippen LogP contribution in [0.4, 0.5) is 0 Å². The van der Waals surface area contributed by atoms with Crippen LogP contribution in [0, 0.1) is 6.92 Å². The van der Waals surface area contributed by atoms with E-state index in [4.69, 9.17) is 0 Å². The highest BCUT2D eigenvalue weighted by molar-refractivity contribution is 5.66. The Balaban J connectivity index is 2.47. The second-order valence-corrected chi connectivity index (χ2v) is 4.24. The van der Waals surface area contributed by atoms with Crippen LogP contribution in [0.3, 0.4) is 0 Å². The Hall–Kier alpha value is -1.08. The topological polar surface area (TPSA) is 12.0 Å². The van der Waals surface area contributed by atoms with Crippen LogP contribution in [0.1, 0.15) is 37.8 Å². The van der Waals surface area contributed by atoms with E-state index in [1.54, 1.807) is 0 Å². The molecule has 0 fully saturated rings. The number of nitrogens with one attached hydrogen (secondary N) is 1. The SMILES string of the molecule is CCCNCCC=C(C)c1ccccc1C. The standard InChI is InChI=1S/C15H23N/c1-4-11-16-12-7-9-14(3)15-10-6-5-8-13(15)2/h5-6,8-10,16H,4,7,11-12H2,1-3H3. The first-order valence-corrected chi connectivity index (χ1v) is 6.19. The van der Waals surface area contributed by atoms with Gasteiger partial charge in [0.1, 0.15) is 0 Å². The molecule has 1 aromatic carbocycles. The van der Waals surface area contributed by atoms with E-state index in [1.165, 1.54) is 23.1 Å². The molecule has 1 N–H and O–H groups in total. The molecule has 16 heavy (non-hydrogen) atoms. The lowest BCUT2D eigenvalue weighted by atomic mass is 10.0. The average molecular weight is 217 g/mol. The average Bonchev–Trinajstić information content (AvgIpc) is 2.29. The highest BCUT2D eigenvalue weighted by Crippen LogP contribution is 2.17. The van der Waals surface area contributed by atoms with Crippen molar-refractivity contribution in [1.82, 2.24) is 5.32 Å². The van der Waals surface area contributed by atoms with E-state index in [1.807, 2.05) is 0 Å². The van der Waals surface area contributed by atoms with Crippen molar-refractivity contribution >= 4 is 5.57 Å². The molecular formula is C15H23N. The molecule has 0 aliphatic carbocycles. The molecule has 0 aromatic heterocycles. The zero-order chi connectivity index (χ0) is 11.8. The number of benzene rings is 1. The maximum Gasteiger partial charge on any atom is -0.00141 e. The van der Waals surface area contributed by atoms with Gasteiger partial charge in [-0.05, 0) is 56.5 Å². The summed E-state index contributed by atoms with van der Waals surface area (Å²) in [6.07, 6.45) is 4.64. The molecule has 0 atom stereocenters. The molecule has 0 aliphatic rings. The Morgan fingerprint density at radius 2 is 2.00 bits per heavy atom. The lowest BCUT2D eigenvalue weighted by Crippen LogP contribution is -2.15. The van der Waals surface area contributed by atoms with Crippen molar-refractivity contribution in [3.05, 3.63) is 41.5 Å². The van der Waals surface area contributed by atoms with Gasteiger partial charge in [-0.3, -0.25) is 0 Å². The quantitative estimate of drug-likeness (QED) is 0.715. The van der Waals surface area contributed by atoms with Gasteiger partial charge in [-0.1, -0.05) is 37.3 Å². The van der Waals surface area contributed by atoms with E-state index in [-0.39, 0.29) is 0 Å².